The fourth-order valence-electron chi connectivity index (χ4n) is 2.34. The Kier molecular flexibility index (Phi) is 5.66. The predicted octanol–water partition coefficient (Wildman–Crippen LogP) is 2.95. The summed E-state index contributed by atoms with van der Waals surface area (Å²) in [5, 5.41) is 20.8. The summed E-state index contributed by atoms with van der Waals surface area (Å²) in [6, 6.07) is 12.6. The number of rotatable bonds is 7. The van der Waals surface area contributed by atoms with Crippen molar-refractivity contribution in [2.24, 2.45) is 10.6 Å². The van der Waals surface area contributed by atoms with Gasteiger partial charge in [-0.3, -0.25) is 9.52 Å². The molecule has 0 aliphatic heterocycles. The minimum absolute atomic E-state index is 0.0464. The summed E-state index contributed by atoms with van der Waals surface area (Å²) >= 11 is 0. The lowest BCUT2D eigenvalue weighted by Crippen LogP contribution is -2.26. The minimum Gasteiger partial charge on any atom is -0.481 e. The maximum atomic E-state index is 12.6. The summed E-state index contributed by atoms with van der Waals surface area (Å²) in [7, 11) is -3.84. The Bertz CT molecular complexity index is 919. The highest BCUT2D eigenvalue weighted by Gasteiger charge is 2.27. The molecule has 0 spiro atoms. The standard InChI is InChI=1S/C18H20N2O5S/c1-18(2,17(21)22)11-13-7-9-15(10-8-13)26(24,25)20-16-6-4-3-5-14(16)12-19-23/h3-10,12,20,23H,11H2,1-2H3,(H,21,22). The van der Waals surface area contributed by atoms with Gasteiger partial charge in [0.05, 0.1) is 22.2 Å². The van der Waals surface area contributed by atoms with E-state index in [1.165, 1.54) is 12.1 Å². The van der Waals surface area contributed by atoms with Crippen LogP contribution >= 0.6 is 0 Å². The van der Waals surface area contributed by atoms with Crippen LogP contribution in [0.15, 0.2) is 58.6 Å². The fourth-order valence-corrected chi connectivity index (χ4v) is 3.43. The number of hydrogen-bond donors (Lipinski definition) is 3. The van der Waals surface area contributed by atoms with Gasteiger partial charge in [-0.15, -0.1) is 0 Å². The molecule has 138 valence electrons. The summed E-state index contributed by atoms with van der Waals surface area (Å²) in [4.78, 5) is 11.3. The Morgan fingerprint density at radius 1 is 1.15 bits per heavy atom. The van der Waals surface area contributed by atoms with E-state index in [0.717, 1.165) is 11.8 Å². The predicted molar refractivity (Wildman–Crippen MR) is 98.2 cm³/mol. The van der Waals surface area contributed by atoms with Gasteiger partial charge in [0.2, 0.25) is 0 Å². The van der Waals surface area contributed by atoms with Crippen molar-refractivity contribution in [3.63, 3.8) is 0 Å². The lowest BCUT2D eigenvalue weighted by Gasteiger charge is -2.19. The molecule has 0 aliphatic carbocycles. The first-order valence-corrected chi connectivity index (χ1v) is 9.26. The van der Waals surface area contributed by atoms with Crippen LogP contribution in [0.5, 0.6) is 0 Å². The van der Waals surface area contributed by atoms with Gasteiger partial charge in [0, 0.05) is 5.56 Å². The number of carboxylic acid groups (broad SMARTS) is 1. The van der Waals surface area contributed by atoms with Gasteiger partial charge in [-0.2, -0.15) is 0 Å². The van der Waals surface area contributed by atoms with Crippen molar-refractivity contribution in [1.29, 1.82) is 0 Å². The fraction of sp³-hybridized carbons (Fsp3) is 0.222. The molecule has 2 aromatic carbocycles. The number of para-hydroxylation sites is 1. The molecule has 0 aromatic heterocycles. The van der Waals surface area contributed by atoms with Crippen LogP contribution in [0.1, 0.15) is 25.0 Å². The summed E-state index contributed by atoms with van der Waals surface area (Å²) in [5.74, 6) is -0.919. The minimum atomic E-state index is -3.84. The summed E-state index contributed by atoms with van der Waals surface area (Å²) in [6.45, 7) is 3.22. The van der Waals surface area contributed by atoms with E-state index in [4.69, 9.17) is 5.21 Å². The van der Waals surface area contributed by atoms with Crippen LogP contribution in [0.25, 0.3) is 0 Å². The van der Waals surface area contributed by atoms with E-state index in [-0.39, 0.29) is 17.0 Å². The number of nitrogens with one attached hydrogen (secondary N) is 1. The van der Waals surface area contributed by atoms with Crippen molar-refractivity contribution in [2.75, 3.05) is 4.72 Å². The van der Waals surface area contributed by atoms with Crippen LogP contribution in [0, 0.1) is 5.41 Å². The number of nitrogens with zero attached hydrogens (tertiary/aromatic N) is 1. The zero-order chi connectivity index (χ0) is 19.4. The summed E-state index contributed by atoms with van der Waals surface area (Å²) in [5.41, 5.74) is 0.477. The van der Waals surface area contributed by atoms with Crippen LogP contribution in [-0.2, 0) is 21.2 Å². The molecule has 7 nitrogen and oxygen atoms in total. The van der Waals surface area contributed by atoms with E-state index in [0.29, 0.717) is 5.56 Å². The van der Waals surface area contributed by atoms with Gasteiger partial charge in [-0.1, -0.05) is 35.5 Å². The normalized spacial score (nSPS) is 12.2. The van der Waals surface area contributed by atoms with E-state index in [1.807, 2.05) is 0 Å². The van der Waals surface area contributed by atoms with Crippen molar-refractivity contribution in [3.8, 4) is 0 Å². The van der Waals surface area contributed by atoms with Crippen LogP contribution in [0.3, 0.4) is 0 Å². The number of oxime groups is 1. The van der Waals surface area contributed by atoms with Crippen LogP contribution in [0.4, 0.5) is 5.69 Å². The highest BCUT2D eigenvalue weighted by atomic mass is 32.2. The molecule has 0 aliphatic rings. The van der Waals surface area contributed by atoms with Gasteiger partial charge in [0.25, 0.3) is 10.0 Å². The highest BCUT2D eigenvalue weighted by molar-refractivity contribution is 7.92. The Morgan fingerprint density at radius 3 is 2.35 bits per heavy atom. The molecule has 0 unspecified atom stereocenters. The quantitative estimate of drug-likeness (QED) is 0.390. The second-order valence-electron chi connectivity index (χ2n) is 6.45. The number of benzene rings is 2. The van der Waals surface area contributed by atoms with Crippen LogP contribution < -0.4 is 4.72 Å². The number of aliphatic carboxylic acids is 1. The smallest absolute Gasteiger partial charge is 0.309 e. The Labute approximate surface area is 152 Å². The molecule has 0 saturated carbocycles. The molecule has 0 fully saturated rings. The number of hydrogen-bond acceptors (Lipinski definition) is 5. The first kappa shape index (κ1) is 19.5. The zero-order valence-electron chi connectivity index (χ0n) is 14.4. The zero-order valence-corrected chi connectivity index (χ0v) is 15.2. The Hall–Kier alpha value is -2.87. The van der Waals surface area contributed by atoms with Gasteiger partial charge < -0.3 is 10.3 Å². The van der Waals surface area contributed by atoms with Gasteiger partial charge in [-0.25, -0.2) is 8.42 Å². The molecule has 2 rings (SSSR count). The molecule has 0 atom stereocenters. The van der Waals surface area contributed by atoms with Crippen molar-refractivity contribution < 1.29 is 23.5 Å². The molecule has 0 heterocycles. The molecule has 0 amide bonds. The number of sulfonamides is 1. The molecule has 3 N–H and O–H groups in total. The lowest BCUT2D eigenvalue weighted by molar-refractivity contribution is -0.146. The van der Waals surface area contributed by atoms with Crippen molar-refractivity contribution in [2.45, 2.75) is 25.2 Å². The second kappa shape index (κ2) is 7.57. The molecule has 26 heavy (non-hydrogen) atoms. The molecule has 0 saturated heterocycles. The van der Waals surface area contributed by atoms with Gasteiger partial charge >= 0.3 is 5.97 Å². The summed E-state index contributed by atoms with van der Waals surface area (Å²) in [6.07, 6.45) is 1.42. The largest absolute Gasteiger partial charge is 0.481 e. The number of carboxylic acids is 1. The molecule has 2 aromatic rings. The average Bonchev–Trinajstić information content (AvgIpc) is 2.56. The monoisotopic (exact) mass is 376 g/mol. The van der Waals surface area contributed by atoms with Crippen molar-refractivity contribution in [3.05, 3.63) is 59.7 Å². The molecule has 8 heteroatoms. The maximum Gasteiger partial charge on any atom is 0.309 e. The van der Waals surface area contributed by atoms with E-state index < -0.39 is 21.4 Å². The van der Waals surface area contributed by atoms with E-state index in [1.54, 1.807) is 50.2 Å². The summed E-state index contributed by atoms with van der Waals surface area (Å²) < 4.78 is 27.6. The number of carbonyl (C=O) groups is 1. The van der Waals surface area contributed by atoms with Crippen LogP contribution in [-0.4, -0.2) is 30.9 Å². The molecular weight excluding hydrogens is 356 g/mol. The first-order chi connectivity index (χ1) is 12.2. The Balaban J connectivity index is 2.24. The van der Waals surface area contributed by atoms with Gasteiger partial charge in [0.15, 0.2) is 0 Å². The van der Waals surface area contributed by atoms with E-state index >= 15 is 0 Å². The maximum absolute atomic E-state index is 12.6. The van der Waals surface area contributed by atoms with Gasteiger partial charge in [0.1, 0.15) is 0 Å². The lowest BCUT2D eigenvalue weighted by atomic mass is 9.86. The van der Waals surface area contributed by atoms with E-state index in [2.05, 4.69) is 9.88 Å². The second-order valence-corrected chi connectivity index (χ2v) is 8.13. The molecule has 0 bridgehead atoms. The molecular formula is C18H20N2O5S. The van der Waals surface area contributed by atoms with Crippen molar-refractivity contribution >= 4 is 27.9 Å². The molecule has 0 radical (unpaired) electrons. The van der Waals surface area contributed by atoms with Gasteiger partial charge in [-0.05, 0) is 44.0 Å². The topological polar surface area (TPSA) is 116 Å². The SMILES string of the molecule is CC(C)(Cc1ccc(S(=O)(=O)Nc2ccccc2C=NO)cc1)C(=O)O. The third-order valence-corrected chi connectivity index (χ3v) is 5.24. The highest BCUT2D eigenvalue weighted by Crippen LogP contribution is 2.24. The van der Waals surface area contributed by atoms with Crippen LogP contribution in [0.2, 0.25) is 0 Å². The Morgan fingerprint density at radius 2 is 1.77 bits per heavy atom. The third kappa shape index (κ3) is 4.60. The average molecular weight is 376 g/mol. The van der Waals surface area contributed by atoms with Crippen molar-refractivity contribution in [1.82, 2.24) is 0 Å². The van der Waals surface area contributed by atoms with E-state index in [9.17, 15) is 18.3 Å². The first-order valence-electron chi connectivity index (χ1n) is 7.77. The number of anilines is 1. The third-order valence-electron chi connectivity index (χ3n) is 3.86.